The van der Waals surface area contributed by atoms with Gasteiger partial charge >= 0.3 is 6.09 Å². The molecule has 0 unspecified atom stereocenters. The number of carbonyl (C=O) groups excluding carboxylic acids is 4. The number of allylic oxidation sites excluding steroid dienone is 1. The Bertz CT molecular complexity index is 2130. The van der Waals surface area contributed by atoms with Crippen LogP contribution in [-0.2, 0) is 42.2 Å². The number of hydrogen-bond acceptors (Lipinski definition) is 10. The van der Waals surface area contributed by atoms with Crippen LogP contribution >= 0.6 is 22.9 Å². The zero-order valence-corrected chi connectivity index (χ0v) is 32.5. The van der Waals surface area contributed by atoms with Crippen LogP contribution in [-0.4, -0.2) is 82.5 Å². The molecule has 3 fully saturated rings. The van der Waals surface area contributed by atoms with Gasteiger partial charge in [0.2, 0.25) is 21.8 Å². The van der Waals surface area contributed by atoms with Crippen LogP contribution in [0.2, 0.25) is 5.02 Å². The molecule has 3 aromatic rings. The summed E-state index contributed by atoms with van der Waals surface area (Å²) < 4.78 is 33.9. The van der Waals surface area contributed by atoms with E-state index in [9.17, 15) is 27.6 Å². The average Bonchev–Trinajstić information content (AvgIpc) is 3.97. The summed E-state index contributed by atoms with van der Waals surface area (Å²) in [6.45, 7) is 0.539. The highest BCUT2D eigenvalue weighted by atomic mass is 35.5. The molecule has 3 N–H and O–H groups in total. The minimum atomic E-state index is -3.89. The van der Waals surface area contributed by atoms with Gasteiger partial charge < -0.3 is 20.3 Å². The third kappa shape index (κ3) is 7.96. The lowest BCUT2D eigenvalue weighted by molar-refractivity contribution is -0.140. The van der Waals surface area contributed by atoms with Crippen LogP contribution in [0.1, 0.15) is 68.9 Å². The second-order valence-corrected chi connectivity index (χ2v) is 18.3. The zero-order valence-electron chi connectivity index (χ0n) is 30.1. The predicted octanol–water partition coefficient (Wildman–Crippen LogP) is 5.37. The molecule has 2 aliphatic carbocycles. The summed E-state index contributed by atoms with van der Waals surface area (Å²) in [5.41, 5.74) is 1.99. The van der Waals surface area contributed by atoms with Crippen LogP contribution in [0.5, 0.6) is 0 Å². The number of aromatic nitrogens is 1. The lowest BCUT2D eigenvalue weighted by Crippen LogP contribution is -2.57. The summed E-state index contributed by atoms with van der Waals surface area (Å²) in [5, 5.41) is 8.66. The number of halogens is 1. The fourth-order valence-electron chi connectivity index (χ4n) is 7.81. The maximum Gasteiger partial charge on any atom is 0.410 e. The van der Waals surface area contributed by atoms with Crippen LogP contribution in [0.25, 0.3) is 11.3 Å². The predicted molar refractivity (Wildman–Crippen MR) is 207 cm³/mol. The van der Waals surface area contributed by atoms with Crippen molar-refractivity contribution in [2.75, 3.05) is 11.9 Å². The van der Waals surface area contributed by atoms with Gasteiger partial charge in [0.15, 0.2) is 5.13 Å². The number of nitrogens with zero attached hydrogens (tertiary/aromatic N) is 3. The van der Waals surface area contributed by atoms with Gasteiger partial charge in [0.1, 0.15) is 23.7 Å². The molecule has 4 heterocycles. The largest absolute Gasteiger partial charge is 0.444 e. The van der Waals surface area contributed by atoms with Gasteiger partial charge in [-0.3, -0.25) is 24.0 Å². The van der Waals surface area contributed by atoms with Gasteiger partial charge in [0.25, 0.3) is 5.91 Å². The molecular weight excluding hydrogens is 764 g/mol. The van der Waals surface area contributed by atoms with E-state index in [4.69, 9.17) is 21.3 Å². The summed E-state index contributed by atoms with van der Waals surface area (Å²) in [6.07, 6.45) is 7.21. The first kappa shape index (κ1) is 37.5. The van der Waals surface area contributed by atoms with Crippen molar-refractivity contribution in [3.05, 3.63) is 82.2 Å². The van der Waals surface area contributed by atoms with E-state index in [0.717, 1.165) is 48.1 Å². The van der Waals surface area contributed by atoms with E-state index < -0.39 is 62.8 Å². The number of fused-ring (bicyclic) bond motifs is 3. The average molecular weight is 807 g/mol. The van der Waals surface area contributed by atoms with Gasteiger partial charge in [-0.1, -0.05) is 79.1 Å². The number of rotatable bonds is 7. The Kier molecular flexibility index (Phi) is 10.4. The number of thiazole rings is 1. The van der Waals surface area contributed by atoms with Crippen LogP contribution in [0.3, 0.4) is 0 Å². The third-order valence-corrected chi connectivity index (χ3v) is 14.1. The first-order valence-corrected chi connectivity index (χ1v) is 21.7. The van der Waals surface area contributed by atoms with Gasteiger partial charge in [0, 0.05) is 34.8 Å². The van der Waals surface area contributed by atoms with E-state index >= 15 is 0 Å². The van der Waals surface area contributed by atoms with E-state index in [1.807, 2.05) is 60.0 Å². The normalized spacial score (nSPS) is 27.4. The Morgan fingerprint density at radius 1 is 1.02 bits per heavy atom. The first-order valence-electron chi connectivity index (χ1n) is 18.9. The number of sulfonamides is 1. The number of anilines is 1. The fraction of sp³-hybridized carbons (Fsp3) is 0.462. The molecule has 3 aliphatic heterocycles. The molecule has 2 aromatic carbocycles. The van der Waals surface area contributed by atoms with Crippen molar-refractivity contribution in [3.8, 4) is 11.3 Å². The minimum absolute atomic E-state index is 0.00837. The van der Waals surface area contributed by atoms with Crippen LogP contribution in [0.4, 0.5) is 9.93 Å². The number of benzene rings is 2. The number of carbonyl (C=O) groups is 4. The fourth-order valence-corrected chi connectivity index (χ4v) is 10.2. The Labute approximate surface area is 328 Å². The Morgan fingerprint density at radius 3 is 2.62 bits per heavy atom. The molecule has 55 heavy (non-hydrogen) atoms. The molecule has 13 nitrogen and oxygen atoms in total. The molecule has 1 saturated heterocycles. The van der Waals surface area contributed by atoms with E-state index in [2.05, 4.69) is 15.4 Å². The number of amides is 4. The number of ether oxygens (including phenoxy) is 1. The van der Waals surface area contributed by atoms with Gasteiger partial charge in [-0.25, -0.2) is 18.2 Å². The molecule has 16 heteroatoms. The van der Waals surface area contributed by atoms with Gasteiger partial charge in [-0.15, -0.1) is 11.3 Å². The van der Waals surface area contributed by atoms with Gasteiger partial charge in [-0.2, -0.15) is 0 Å². The summed E-state index contributed by atoms with van der Waals surface area (Å²) in [4.78, 5) is 64.0. The molecule has 0 radical (unpaired) electrons. The Hall–Kier alpha value is -4.47. The number of hydrogen-bond donors (Lipinski definition) is 3. The summed E-state index contributed by atoms with van der Waals surface area (Å²) in [5.74, 6) is -2.17. The SMILES string of the molecule is O=C1N[C@]2(C(=O)NS(=O)(=O)C3CC3)C[C@H]2/C=C\CCCCC[C@H](Nc2nc(-c3ccccc3)cs2)C(=O)N2C[C@H](OC(=O)N3Cc4cccc(Cl)c4C3)C[C@@H]12. The third-order valence-electron chi connectivity index (χ3n) is 11.2. The van der Waals surface area contributed by atoms with Crippen LogP contribution in [0, 0.1) is 5.92 Å². The summed E-state index contributed by atoms with van der Waals surface area (Å²) >= 11 is 7.78. The summed E-state index contributed by atoms with van der Waals surface area (Å²) in [7, 11) is -3.89. The van der Waals surface area contributed by atoms with Crippen molar-refractivity contribution in [1.29, 1.82) is 0 Å². The van der Waals surface area contributed by atoms with Crippen LogP contribution in [0.15, 0.2) is 66.1 Å². The molecule has 8 rings (SSSR count). The van der Waals surface area contributed by atoms with E-state index in [0.29, 0.717) is 36.0 Å². The van der Waals surface area contributed by atoms with E-state index in [-0.39, 0.29) is 31.8 Å². The standard InChI is InChI=1S/C39H43ClN6O7S2/c40-30-14-9-12-25-20-45(22-29(25)30)38(50)53-27-18-33-34(47)43-39(36(49)44-55(51,52)28-16-17-28)19-26(39)13-7-2-1-3-8-15-31(35(48)46(33)21-27)41-37-42-32(23-54-37)24-10-5-4-6-11-24/h4-7,9-14,23,26-28,31,33H,1-3,8,15-22H2,(H,41,42)(H,43,47)(H,44,49)/b13-7-/t26-,27-,31+,33+,39-/m1/s1. The molecule has 0 spiro atoms. The second-order valence-electron chi connectivity index (χ2n) is 15.1. The maximum absolute atomic E-state index is 14.7. The molecule has 5 aliphatic rings. The molecular formula is C39H43ClN6O7S2. The second kappa shape index (κ2) is 15.2. The van der Waals surface area contributed by atoms with E-state index in [1.54, 1.807) is 6.07 Å². The molecule has 1 aromatic heterocycles. The quantitative estimate of drug-likeness (QED) is 0.266. The smallest absolute Gasteiger partial charge is 0.410 e. The molecule has 4 amide bonds. The first-order chi connectivity index (χ1) is 26.5. The minimum Gasteiger partial charge on any atom is -0.444 e. The van der Waals surface area contributed by atoms with Crippen molar-refractivity contribution >= 4 is 61.9 Å². The number of nitrogens with one attached hydrogen (secondary N) is 3. The topological polar surface area (TPSA) is 167 Å². The highest BCUT2D eigenvalue weighted by molar-refractivity contribution is 7.91. The van der Waals surface area contributed by atoms with Crippen LogP contribution < -0.4 is 15.4 Å². The van der Waals surface area contributed by atoms with Crippen molar-refractivity contribution in [3.63, 3.8) is 0 Å². The summed E-state index contributed by atoms with van der Waals surface area (Å²) in [6, 6.07) is 13.4. The lowest BCUT2D eigenvalue weighted by Gasteiger charge is -2.29. The Morgan fingerprint density at radius 2 is 1.84 bits per heavy atom. The molecule has 2 saturated carbocycles. The molecule has 290 valence electrons. The Balaban J connectivity index is 1.06. The molecule has 0 bridgehead atoms. The van der Waals surface area contributed by atoms with Crippen molar-refractivity contribution < 1.29 is 32.3 Å². The highest BCUT2D eigenvalue weighted by Crippen LogP contribution is 2.46. The molecule has 5 atom stereocenters. The maximum atomic E-state index is 14.7. The zero-order chi connectivity index (χ0) is 38.3. The van der Waals surface area contributed by atoms with Gasteiger partial charge in [0.05, 0.1) is 24.0 Å². The highest BCUT2D eigenvalue weighted by Gasteiger charge is 2.62. The van der Waals surface area contributed by atoms with Crippen molar-refractivity contribution in [2.45, 2.75) is 99.9 Å². The lowest BCUT2D eigenvalue weighted by atomic mass is 10.1. The van der Waals surface area contributed by atoms with Crippen molar-refractivity contribution in [2.24, 2.45) is 5.92 Å². The van der Waals surface area contributed by atoms with Crippen molar-refractivity contribution in [1.82, 2.24) is 24.8 Å². The van der Waals surface area contributed by atoms with Gasteiger partial charge in [-0.05, 0) is 55.7 Å². The van der Waals surface area contributed by atoms with E-state index in [1.165, 1.54) is 21.1 Å². The monoisotopic (exact) mass is 806 g/mol.